The van der Waals surface area contributed by atoms with Crippen LogP contribution in [0.5, 0.6) is 11.6 Å². The van der Waals surface area contributed by atoms with E-state index in [2.05, 4.69) is 25.9 Å². The van der Waals surface area contributed by atoms with Gasteiger partial charge in [-0.25, -0.2) is 9.66 Å². The SMILES string of the molecule is COc1ccc(NC2CC(c3cccc(C(=O)Nc4ccc5c(c4)CNC5=O)c3)=Nn3ccnc32)nc1OC. The molecular weight excluding hydrogens is 498 g/mol. The van der Waals surface area contributed by atoms with Crippen LogP contribution in [-0.2, 0) is 6.54 Å². The van der Waals surface area contributed by atoms with E-state index >= 15 is 0 Å². The van der Waals surface area contributed by atoms with Crippen molar-refractivity contribution in [3.63, 3.8) is 0 Å². The van der Waals surface area contributed by atoms with Gasteiger partial charge in [0.15, 0.2) is 11.6 Å². The van der Waals surface area contributed by atoms with E-state index in [1.165, 1.54) is 0 Å². The van der Waals surface area contributed by atoms with Crippen LogP contribution in [0, 0.1) is 0 Å². The van der Waals surface area contributed by atoms with E-state index in [0.29, 0.717) is 47.2 Å². The number of benzene rings is 2. The third-order valence-corrected chi connectivity index (χ3v) is 6.65. The van der Waals surface area contributed by atoms with Gasteiger partial charge in [-0.1, -0.05) is 12.1 Å². The summed E-state index contributed by atoms with van der Waals surface area (Å²) in [7, 11) is 3.10. The smallest absolute Gasteiger partial charge is 0.258 e. The van der Waals surface area contributed by atoms with Gasteiger partial charge in [-0.15, -0.1) is 0 Å². The normalized spacial score (nSPS) is 15.5. The zero-order chi connectivity index (χ0) is 26.9. The number of anilines is 2. The Balaban J connectivity index is 1.23. The maximum Gasteiger partial charge on any atom is 0.258 e. The van der Waals surface area contributed by atoms with E-state index in [9.17, 15) is 9.59 Å². The summed E-state index contributed by atoms with van der Waals surface area (Å²) in [5.74, 6) is 1.91. The molecule has 0 spiro atoms. The molecule has 1 atom stereocenters. The van der Waals surface area contributed by atoms with Crippen molar-refractivity contribution in [2.75, 3.05) is 24.9 Å². The van der Waals surface area contributed by atoms with Crippen molar-refractivity contribution < 1.29 is 19.1 Å². The number of pyridine rings is 1. The van der Waals surface area contributed by atoms with Gasteiger partial charge >= 0.3 is 0 Å². The van der Waals surface area contributed by atoms with Crippen LogP contribution >= 0.6 is 0 Å². The molecule has 6 rings (SSSR count). The molecule has 2 aliphatic rings. The average molecular weight is 524 g/mol. The molecular formula is C28H25N7O4. The number of ether oxygens (including phenoxy) is 2. The summed E-state index contributed by atoms with van der Waals surface area (Å²) in [6.07, 6.45) is 4.00. The van der Waals surface area contributed by atoms with Gasteiger partial charge < -0.3 is 25.4 Å². The number of methoxy groups -OCH3 is 2. The number of imidazole rings is 1. The van der Waals surface area contributed by atoms with Crippen molar-refractivity contribution in [2.24, 2.45) is 5.10 Å². The van der Waals surface area contributed by atoms with Gasteiger partial charge in [0.2, 0.25) is 0 Å². The van der Waals surface area contributed by atoms with Crippen LogP contribution in [0.25, 0.3) is 0 Å². The molecule has 0 bridgehead atoms. The molecule has 0 aliphatic carbocycles. The molecule has 39 heavy (non-hydrogen) atoms. The van der Waals surface area contributed by atoms with Gasteiger partial charge in [-0.3, -0.25) is 9.59 Å². The Kier molecular flexibility index (Phi) is 6.16. The summed E-state index contributed by atoms with van der Waals surface area (Å²) >= 11 is 0. The summed E-state index contributed by atoms with van der Waals surface area (Å²) in [5.41, 5.74) is 4.23. The minimum absolute atomic E-state index is 0.0976. The molecule has 0 fully saturated rings. The zero-order valence-corrected chi connectivity index (χ0v) is 21.3. The van der Waals surface area contributed by atoms with Crippen LogP contribution in [0.2, 0.25) is 0 Å². The van der Waals surface area contributed by atoms with Crippen LogP contribution in [0.15, 0.2) is 72.1 Å². The van der Waals surface area contributed by atoms with E-state index < -0.39 is 0 Å². The van der Waals surface area contributed by atoms with Gasteiger partial charge in [0.1, 0.15) is 5.82 Å². The fourth-order valence-corrected chi connectivity index (χ4v) is 4.73. The van der Waals surface area contributed by atoms with E-state index in [-0.39, 0.29) is 17.9 Å². The summed E-state index contributed by atoms with van der Waals surface area (Å²) in [6.45, 7) is 0.456. The van der Waals surface area contributed by atoms with Crippen LogP contribution in [0.4, 0.5) is 11.5 Å². The number of aromatic nitrogens is 3. The third kappa shape index (κ3) is 4.65. The molecule has 196 valence electrons. The van der Waals surface area contributed by atoms with E-state index in [0.717, 1.165) is 22.7 Å². The highest BCUT2D eigenvalue weighted by Gasteiger charge is 2.26. The average Bonchev–Trinajstić information content (AvgIpc) is 3.59. The second-order valence-electron chi connectivity index (χ2n) is 9.08. The summed E-state index contributed by atoms with van der Waals surface area (Å²) in [6, 6.07) is 16.0. The predicted molar refractivity (Wildman–Crippen MR) is 144 cm³/mol. The second-order valence-corrected chi connectivity index (χ2v) is 9.08. The molecule has 0 radical (unpaired) electrons. The molecule has 0 saturated heterocycles. The Morgan fingerprint density at radius 3 is 2.85 bits per heavy atom. The number of fused-ring (bicyclic) bond motifs is 2. The molecule has 2 aliphatic heterocycles. The summed E-state index contributed by atoms with van der Waals surface area (Å²) in [5, 5.41) is 13.9. The lowest BCUT2D eigenvalue weighted by molar-refractivity contribution is 0.0964. The Morgan fingerprint density at radius 1 is 1.10 bits per heavy atom. The molecule has 2 aromatic heterocycles. The highest BCUT2D eigenvalue weighted by molar-refractivity contribution is 6.08. The van der Waals surface area contributed by atoms with E-state index in [1.54, 1.807) is 55.6 Å². The van der Waals surface area contributed by atoms with Crippen molar-refractivity contribution in [2.45, 2.75) is 19.0 Å². The largest absolute Gasteiger partial charge is 0.491 e. The number of carbonyl (C=O) groups is 2. The molecule has 2 aromatic carbocycles. The van der Waals surface area contributed by atoms with Crippen molar-refractivity contribution >= 4 is 29.0 Å². The number of amides is 2. The van der Waals surface area contributed by atoms with Crippen LogP contribution in [0.1, 0.15) is 50.1 Å². The lowest BCUT2D eigenvalue weighted by Gasteiger charge is -2.24. The van der Waals surface area contributed by atoms with Gasteiger partial charge in [-0.2, -0.15) is 10.1 Å². The quantitative estimate of drug-likeness (QED) is 0.337. The first-order valence-electron chi connectivity index (χ1n) is 12.3. The molecule has 0 saturated carbocycles. The summed E-state index contributed by atoms with van der Waals surface area (Å²) in [4.78, 5) is 33.9. The van der Waals surface area contributed by atoms with Crippen LogP contribution < -0.4 is 25.4 Å². The molecule has 4 heterocycles. The Labute approximate surface area is 223 Å². The minimum atomic E-state index is -0.252. The predicted octanol–water partition coefficient (Wildman–Crippen LogP) is 3.60. The first-order chi connectivity index (χ1) is 19.0. The second kappa shape index (κ2) is 9.93. The molecule has 4 aromatic rings. The van der Waals surface area contributed by atoms with Crippen molar-refractivity contribution in [1.82, 2.24) is 20.0 Å². The molecule has 11 nitrogen and oxygen atoms in total. The van der Waals surface area contributed by atoms with E-state index in [4.69, 9.17) is 14.6 Å². The number of carbonyl (C=O) groups excluding carboxylic acids is 2. The highest BCUT2D eigenvalue weighted by Crippen LogP contribution is 2.31. The molecule has 3 N–H and O–H groups in total. The Hall–Kier alpha value is -5.19. The maximum atomic E-state index is 13.1. The lowest BCUT2D eigenvalue weighted by atomic mass is 9.99. The first kappa shape index (κ1) is 24.2. The van der Waals surface area contributed by atoms with Crippen LogP contribution in [0.3, 0.4) is 0 Å². The Morgan fingerprint density at radius 2 is 2.00 bits per heavy atom. The van der Waals surface area contributed by atoms with Gasteiger partial charge in [0.25, 0.3) is 17.7 Å². The lowest BCUT2D eigenvalue weighted by Crippen LogP contribution is -2.25. The number of hydrogen-bond donors (Lipinski definition) is 3. The monoisotopic (exact) mass is 523 g/mol. The standard InChI is InChI=1S/C28H25N7O4/c1-38-23-8-9-24(33-28(23)39-2)32-22-14-21(34-35-11-10-29-25(22)35)16-4-3-5-17(12-16)26(36)31-19-6-7-20-18(13-19)15-30-27(20)37/h3-13,22H,14-15H2,1-2H3,(H,30,37)(H,31,36)(H,32,33). The zero-order valence-electron chi connectivity index (χ0n) is 21.3. The van der Waals surface area contributed by atoms with Crippen molar-refractivity contribution in [1.29, 1.82) is 0 Å². The number of rotatable bonds is 7. The molecule has 1 unspecified atom stereocenters. The molecule has 11 heteroatoms. The number of hydrogen-bond acceptors (Lipinski definition) is 8. The number of nitrogens with one attached hydrogen (secondary N) is 3. The van der Waals surface area contributed by atoms with Gasteiger partial charge in [-0.05, 0) is 53.6 Å². The molecule has 2 amide bonds. The van der Waals surface area contributed by atoms with Gasteiger partial charge in [0, 0.05) is 42.2 Å². The maximum absolute atomic E-state index is 13.1. The fraction of sp³-hybridized carbons (Fsp3) is 0.179. The number of nitrogens with zero attached hydrogens (tertiary/aromatic N) is 4. The minimum Gasteiger partial charge on any atom is -0.491 e. The highest BCUT2D eigenvalue weighted by atomic mass is 16.5. The van der Waals surface area contributed by atoms with E-state index in [1.807, 2.05) is 30.3 Å². The fourth-order valence-electron chi connectivity index (χ4n) is 4.73. The third-order valence-electron chi connectivity index (χ3n) is 6.65. The summed E-state index contributed by atoms with van der Waals surface area (Å²) < 4.78 is 12.4. The topological polar surface area (TPSA) is 132 Å². The van der Waals surface area contributed by atoms with Crippen LogP contribution in [-0.4, -0.2) is 46.4 Å². The van der Waals surface area contributed by atoms with Crippen molar-refractivity contribution in [3.05, 3.63) is 95.1 Å². The first-order valence-corrected chi connectivity index (χ1v) is 12.3. The van der Waals surface area contributed by atoms with Gasteiger partial charge in [0.05, 0.1) is 26.0 Å². The van der Waals surface area contributed by atoms with Crippen molar-refractivity contribution in [3.8, 4) is 11.6 Å². The Bertz CT molecular complexity index is 1630.